The molecule has 5 heteroatoms. The summed E-state index contributed by atoms with van der Waals surface area (Å²) in [4.78, 5) is 12.3. The van der Waals surface area contributed by atoms with Gasteiger partial charge in [-0.25, -0.2) is 9.48 Å². The van der Waals surface area contributed by atoms with Crippen LogP contribution < -0.4 is 0 Å². The van der Waals surface area contributed by atoms with Crippen molar-refractivity contribution in [1.82, 2.24) is 9.78 Å². The van der Waals surface area contributed by atoms with E-state index >= 15 is 0 Å². The van der Waals surface area contributed by atoms with Crippen LogP contribution in [-0.4, -0.2) is 34.1 Å². The predicted octanol–water partition coefficient (Wildman–Crippen LogP) is 3.00. The number of hydrogen-bond acceptors (Lipinski definition) is 4. The minimum Gasteiger partial charge on any atom is -0.460 e. The Hall–Kier alpha value is -2.92. The minimum atomic E-state index is -0.498. The molecule has 3 rings (SSSR count). The van der Waals surface area contributed by atoms with E-state index in [4.69, 9.17) is 9.84 Å². The van der Waals surface area contributed by atoms with Crippen molar-refractivity contribution >= 4 is 5.97 Å². The van der Waals surface area contributed by atoms with Gasteiger partial charge in [0.25, 0.3) is 0 Å². The van der Waals surface area contributed by atoms with E-state index < -0.39 is 5.97 Å². The highest BCUT2D eigenvalue weighted by molar-refractivity contribution is 5.96. The number of aliphatic hydroxyl groups is 1. The Kier molecular flexibility index (Phi) is 4.72. The molecule has 122 valence electrons. The van der Waals surface area contributed by atoms with Gasteiger partial charge < -0.3 is 9.84 Å². The number of esters is 1. The molecule has 0 spiro atoms. The molecule has 1 heterocycles. The first-order valence-electron chi connectivity index (χ1n) is 7.69. The van der Waals surface area contributed by atoms with Crippen molar-refractivity contribution < 1.29 is 14.6 Å². The molecule has 1 N–H and O–H groups in total. The number of hydrogen-bond donors (Lipinski definition) is 1. The molecule has 0 saturated carbocycles. The summed E-state index contributed by atoms with van der Waals surface area (Å²) < 4.78 is 6.73. The number of aliphatic hydroxyl groups excluding tert-OH is 1. The molecular weight excluding hydrogens is 304 g/mol. The summed E-state index contributed by atoms with van der Waals surface area (Å²) in [7, 11) is 0. The second kappa shape index (κ2) is 7.10. The van der Waals surface area contributed by atoms with E-state index in [2.05, 4.69) is 5.10 Å². The third-order valence-electron chi connectivity index (χ3n) is 3.60. The maximum absolute atomic E-state index is 12.3. The molecule has 0 amide bonds. The summed E-state index contributed by atoms with van der Waals surface area (Å²) in [6.45, 7) is 1.75. The molecule has 0 fully saturated rings. The van der Waals surface area contributed by atoms with Crippen molar-refractivity contribution in [3.8, 4) is 16.9 Å². The quantitative estimate of drug-likeness (QED) is 0.734. The number of rotatable bonds is 5. The van der Waals surface area contributed by atoms with Crippen molar-refractivity contribution in [2.45, 2.75) is 6.92 Å². The standard InChI is InChI=1S/C19H18N2O3/c1-14-7-9-15(10-8-14)18-17(19(23)24-12-11-22)13-21(20-18)16-5-3-2-4-6-16/h2-10,13,22H,11-12H2,1H3. The van der Waals surface area contributed by atoms with E-state index in [1.807, 2.05) is 61.5 Å². The Morgan fingerprint density at radius 3 is 2.50 bits per heavy atom. The lowest BCUT2D eigenvalue weighted by atomic mass is 10.1. The van der Waals surface area contributed by atoms with Gasteiger partial charge in [-0.05, 0) is 19.1 Å². The average molecular weight is 322 g/mol. The topological polar surface area (TPSA) is 64.4 Å². The fourth-order valence-corrected chi connectivity index (χ4v) is 2.38. The number of carbonyl (C=O) groups is 1. The van der Waals surface area contributed by atoms with E-state index in [1.165, 1.54) is 0 Å². The molecule has 1 aromatic heterocycles. The van der Waals surface area contributed by atoms with Gasteiger partial charge in [-0.1, -0.05) is 48.0 Å². The molecule has 0 bridgehead atoms. The Morgan fingerprint density at radius 1 is 1.12 bits per heavy atom. The Bertz CT molecular complexity index is 824. The SMILES string of the molecule is Cc1ccc(-c2nn(-c3ccccc3)cc2C(=O)OCCO)cc1. The number of ether oxygens (including phenoxy) is 1. The highest BCUT2D eigenvalue weighted by atomic mass is 16.5. The van der Waals surface area contributed by atoms with Crippen LogP contribution in [0.25, 0.3) is 16.9 Å². The summed E-state index contributed by atoms with van der Waals surface area (Å²) in [5.74, 6) is -0.498. The molecule has 0 aliphatic rings. The highest BCUT2D eigenvalue weighted by Gasteiger charge is 2.19. The molecule has 0 radical (unpaired) electrons. The van der Waals surface area contributed by atoms with Crippen LogP contribution in [0.4, 0.5) is 0 Å². The summed E-state index contributed by atoms with van der Waals surface area (Å²) in [6.07, 6.45) is 1.66. The number of carbonyl (C=O) groups excluding carboxylic acids is 1. The molecule has 0 unspecified atom stereocenters. The van der Waals surface area contributed by atoms with Crippen LogP contribution in [0.1, 0.15) is 15.9 Å². The van der Waals surface area contributed by atoms with Crippen LogP contribution in [0.2, 0.25) is 0 Å². The molecule has 24 heavy (non-hydrogen) atoms. The van der Waals surface area contributed by atoms with Crippen molar-refractivity contribution in [3.05, 3.63) is 71.9 Å². The second-order valence-corrected chi connectivity index (χ2v) is 5.40. The van der Waals surface area contributed by atoms with Gasteiger partial charge in [-0.2, -0.15) is 5.10 Å². The van der Waals surface area contributed by atoms with Gasteiger partial charge in [0.15, 0.2) is 0 Å². The number of nitrogens with zero attached hydrogens (tertiary/aromatic N) is 2. The van der Waals surface area contributed by atoms with Crippen LogP contribution in [0.5, 0.6) is 0 Å². The minimum absolute atomic E-state index is 0.0390. The molecule has 0 aliphatic carbocycles. The van der Waals surface area contributed by atoms with E-state index in [0.717, 1.165) is 16.8 Å². The fourth-order valence-electron chi connectivity index (χ4n) is 2.38. The van der Waals surface area contributed by atoms with Gasteiger partial charge in [-0.3, -0.25) is 0 Å². The third kappa shape index (κ3) is 3.36. The van der Waals surface area contributed by atoms with Crippen molar-refractivity contribution in [2.75, 3.05) is 13.2 Å². The smallest absolute Gasteiger partial charge is 0.342 e. The van der Waals surface area contributed by atoms with Crippen molar-refractivity contribution in [1.29, 1.82) is 0 Å². The van der Waals surface area contributed by atoms with Gasteiger partial charge >= 0.3 is 5.97 Å². The first kappa shape index (κ1) is 16.0. The Morgan fingerprint density at radius 2 is 1.83 bits per heavy atom. The number of aromatic nitrogens is 2. The first-order valence-corrected chi connectivity index (χ1v) is 7.69. The number of benzene rings is 2. The fraction of sp³-hybridized carbons (Fsp3) is 0.158. The number of aryl methyl sites for hydroxylation is 1. The van der Waals surface area contributed by atoms with E-state index in [-0.39, 0.29) is 13.2 Å². The van der Waals surface area contributed by atoms with Crippen LogP contribution >= 0.6 is 0 Å². The van der Waals surface area contributed by atoms with E-state index in [9.17, 15) is 4.79 Å². The largest absolute Gasteiger partial charge is 0.460 e. The Labute approximate surface area is 140 Å². The van der Waals surface area contributed by atoms with Crippen LogP contribution in [-0.2, 0) is 4.74 Å². The number of para-hydroxylation sites is 1. The average Bonchev–Trinajstić information content (AvgIpc) is 3.06. The maximum atomic E-state index is 12.3. The Balaban J connectivity index is 2.06. The van der Waals surface area contributed by atoms with Crippen LogP contribution in [0, 0.1) is 6.92 Å². The van der Waals surface area contributed by atoms with Crippen LogP contribution in [0.15, 0.2) is 60.8 Å². The molecule has 0 aliphatic heterocycles. The zero-order valence-electron chi connectivity index (χ0n) is 13.3. The summed E-state index contributed by atoms with van der Waals surface area (Å²) in [5, 5.41) is 13.4. The molecule has 0 saturated heterocycles. The highest BCUT2D eigenvalue weighted by Crippen LogP contribution is 2.25. The zero-order valence-corrected chi connectivity index (χ0v) is 13.3. The van der Waals surface area contributed by atoms with Crippen LogP contribution in [0.3, 0.4) is 0 Å². The van der Waals surface area contributed by atoms with Gasteiger partial charge in [0, 0.05) is 11.8 Å². The lowest BCUT2D eigenvalue weighted by molar-refractivity contribution is 0.0434. The first-order chi connectivity index (χ1) is 11.7. The van der Waals surface area contributed by atoms with E-state index in [0.29, 0.717) is 11.3 Å². The summed E-state index contributed by atoms with van der Waals surface area (Å²) >= 11 is 0. The summed E-state index contributed by atoms with van der Waals surface area (Å²) in [5.41, 5.74) is 3.75. The molecular formula is C19H18N2O3. The second-order valence-electron chi connectivity index (χ2n) is 5.40. The van der Waals surface area contributed by atoms with E-state index in [1.54, 1.807) is 10.9 Å². The van der Waals surface area contributed by atoms with Gasteiger partial charge in [-0.15, -0.1) is 0 Å². The van der Waals surface area contributed by atoms with Gasteiger partial charge in [0.1, 0.15) is 17.9 Å². The van der Waals surface area contributed by atoms with Crippen molar-refractivity contribution in [3.63, 3.8) is 0 Å². The normalized spacial score (nSPS) is 10.6. The lowest BCUT2D eigenvalue weighted by Gasteiger charge is -2.03. The molecule has 5 nitrogen and oxygen atoms in total. The lowest BCUT2D eigenvalue weighted by Crippen LogP contribution is -2.09. The molecule has 3 aromatic rings. The molecule has 2 aromatic carbocycles. The maximum Gasteiger partial charge on any atom is 0.342 e. The zero-order chi connectivity index (χ0) is 16.9. The monoisotopic (exact) mass is 322 g/mol. The molecule has 0 atom stereocenters. The van der Waals surface area contributed by atoms with Crippen molar-refractivity contribution in [2.24, 2.45) is 0 Å². The summed E-state index contributed by atoms with van der Waals surface area (Å²) in [6, 6.07) is 17.4. The van der Waals surface area contributed by atoms with Gasteiger partial charge in [0.2, 0.25) is 0 Å². The third-order valence-corrected chi connectivity index (χ3v) is 3.60. The van der Waals surface area contributed by atoms with Gasteiger partial charge in [0.05, 0.1) is 12.3 Å². The predicted molar refractivity (Wildman–Crippen MR) is 91.1 cm³/mol.